The standard InChI is InChI=1S/C12H9F/c1-9(13)11-7-6-10-4-2-3-5-12(10)8-11/h2-8H,1H2. The fourth-order valence-electron chi connectivity index (χ4n) is 1.36. The lowest BCUT2D eigenvalue weighted by Gasteiger charge is -1.99. The molecule has 2 aromatic carbocycles. The van der Waals surface area contributed by atoms with Crippen LogP contribution < -0.4 is 0 Å². The third-order valence-electron chi connectivity index (χ3n) is 2.06. The Hall–Kier alpha value is -1.63. The van der Waals surface area contributed by atoms with E-state index in [0.717, 1.165) is 10.8 Å². The fourth-order valence-corrected chi connectivity index (χ4v) is 1.36. The third kappa shape index (κ3) is 1.45. The Morgan fingerprint density at radius 1 is 1.00 bits per heavy atom. The molecule has 2 aromatic rings. The smallest absolute Gasteiger partial charge is 0.123 e. The summed E-state index contributed by atoms with van der Waals surface area (Å²) in [5.74, 6) is -0.384. The number of hydrogen-bond acceptors (Lipinski definition) is 0. The molecule has 1 heteroatoms. The normalized spacial score (nSPS) is 10.2. The van der Waals surface area contributed by atoms with E-state index in [1.54, 1.807) is 12.1 Å². The van der Waals surface area contributed by atoms with Crippen molar-refractivity contribution in [2.75, 3.05) is 0 Å². The molecule has 0 aliphatic heterocycles. The molecule has 0 radical (unpaired) electrons. The highest BCUT2D eigenvalue weighted by Gasteiger charge is 1.97. The van der Waals surface area contributed by atoms with Crippen LogP contribution in [-0.2, 0) is 0 Å². The summed E-state index contributed by atoms with van der Waals surface area (Å²) in [6, 6.07) is 13.3. The van der Waals surface area contributed by atoms with Gasteiger partial charge in [0.05, 0.1) is 0 Å². The van der Waals surface area contributed by atoms with Gasteiger partial charge in [0.1, 0.15) is 5.83 Å². The molecule has 0 bridgehead atoms. The zero-order valence-electron chi connectivity index (χ0n) is 7.13. The van der Waals surface area contributed by atoms with Crippen LogP contribution in [0.2, 0.25) is 0 Å². The molecule has 0 saturated heterocycles. The minimum Gasteiger partial charge on any atom is -0.207 e. The van der Waals surface area contributed by atoms with Gasteiger partial charge in [0.25, 0.3) is 0 Å². The summed E-state index contributed by atoms with van der Waals surface area (Å²) in [4.78, 5) is 0. The molecule has 0 N–H and O–H groups in total. The molecule has 0 atom stereocenters. The minimum atomic E-state index is -0.384. The highest BCUT2D eigenvalue weighted by molar-refractivity contribution is 5.85. The van der Waals surface area contributed by atoms with Gasteiger partial charge in [0.15, 0.2) is 0 Å². The predicted octanol–water partition coefficient (Wildman–Crippen LogP) is 3.78. The molecular weight excluding hydrogens is 163 g/mol. The first-order valence-electron chi connectivity index (χ1n) is 4.11. The van der Waals surface area contributed by atoms with Crippen molar-refractivity contribution in [3.63, 3.8) is 0 Å². The Bertz CT molecular complexity index is 457. The van der Waals surface area contributed by atoms with Gasteiger partial charge in [-0.1, -0.05) is 43.0 Å². The maximum atomic E-state index is 12.8. The van der Waals surface area contributed by atoms with Gasteiger partial charge < -0.3 is 0 Å². The Balaban J connectivity index is 2.69. The van der Waals surface area contributed by atoms with Crippen LogP contribution in [0.4, 0.5) is 4.39 Å². The van der Waals surface area contributed by atoms with Crippen molar-refractivity contribution in [3.8, 4) is 0 Å². The number of hydrogen-bond donors (Lipinski definition) is 0. The Morgan fingerprint density at radius 3 is 2.38 bits per heavy atom. The molecule has 0 aliphatic rings. The van der Waals surface area contributed by atoms with Gasteiger partial charge in [0, 0.05) is 5.56 Å². The summed E-state index contributed by atoms with van der Waals surface area (Å²) in [5, 5.41) is 2.16. The molecule has 0 spiro atoms. The predicted molar refractivity (Wildman–Crippen MR) is 54.1 cm³/mol. The lowest BCUT2D eigenvalue weighted by atomic mass is 10.1. The monoisotopic (exact) mass is 172 g/mol. The average Bonchev–Trinajstić information content (AvgIpc) is 2.17. The van der Waals surface area contributed by atoms with Crippen LogP contribution in [0, 0.1) is 0 Å². The molecule has 0 aliphatic carbocycles. The van der Waals surface area contributed by atoms with Crippen LogP contribution in [-0.4, -0.2) is 0 Å². The van der Waals surface area contributed by atoms with Crippen LogP contribution in [0.15, 0.2) is 49.0 Å². The fraction of sp³-hybridized carbons (Fsp3) is 0. The van der Waals surface area contributed by atoms with Crippen molar-refractivity contribution in [1.29, 1.82) is 0 Å². The number of benzene rings is 2. The topological polar surface area (TPSA) is 0 Å². The molecule has 0 heterocycles. The molecule has 0 nitrogen and oxygen atoms in total. The number of rotatable bonds is 1. The molecular formula is C12H9F. The highest BCUT2D eigenvalue weighted by Crippen LogP contribution is 2.20. The lowest BCUT2D eigenvalue weighted by Crippen LogP contribution is -1.77. The van der Waals surface area contributed by atoms with Gasteiger partial charge in [-0.3, -0.25) is 0 Å². The van der Waals surface area contributed by atoms with Crippen molar-refractivity contribution in [2.45, 2.75) is 0 Å². The van der Waals surface area contributed by atoms with Crippen molar-refractivity contribution in [3.05, 3.63) is 54.6 Å². The summed E-state index contributed by atoms with van der Waals surface area (Å²) in [6.07, 6.45) is 0. The zero-order valence-corrected chi connectivity index (χ0v) is 7.13. The van der Waals surface area contributed by atoms with Gasteiger partial charge in [-0.2, -0.15) is 0 Å². The van der Waals surface area contributed by atoms with Crippen LogP contribution in [0.5, 0.6) is 0 Å². The van der Waals surface area contributed by atoms with E-state index in [1.807, 2.05) is 30.3 Å². The van der Waals surface area contributed by atoms with E-state index >= 15 is 0 Å². The lowest BCUT2D eigenvalue weighted by molar-refractivity contribution is 0.763. The van der Waals surface area contributed by atoms with Crippen molar-refractivity contribution >= 4 is 16.6 Å². The largest absolute Gasteiger partial charge is 0.207 e. The summed E-state index contributed by atoms with van der Waals surface area (Å²) in [7, 11) is 0. The van der Waals surface area contributed by atoms with Crippen LogP contribution >= 0.6 is 0 Å². The first-order chi connectivity index (χ1) is 6.27. The highest BCUT2D eigenvalue weighted by atomic mass is 19.1. The molecule has 0 saturated carbocycles. The van der Waals surface area contributed by atoms with Crippen molar-refractivity contribution < 1.29 is 4.39 Å². The summed E-state index contributed by atoms with van der Waals surface area (Å²) < 4.78 is 12.8. The molecule has 2 rings (SSSR count). The Kier molecular flexibility index (Phi) is 1.85. The van der Waals surface area contributed by atoms with E-state index in [9.17, 15) is 4.39 Å². The van der Waals surface area contributed by atoms with Crippen LogP contribution in [0.3, 0.4) is 0 Å². The van der Waals surface area contributed by atoms with E-state index in [0.29, 0.717) is 5.56 Å². The van der Waals surface area contributed by atoms with E-state index in [-0.39, 0.29) is 5.83 Å². The van der Waals surface area contributed by atoms with Gasteiger partial charge >= 0.3 is 0 Å². The van der Waals surface area contributed by atoms with E-state index in [2.05, 4.69) is 6.58 Å². The second kappa shape index (κ2) is 3.02. The quantitative estimate of drug-likeness (QED) is 0.614. The van der Waals surface area contributed by atoms with Gasteiger partial charge in [0.2, 0.25) is 0 Å². The van der Waals surface area contributed by atoms with E-state index in [4.69, 9.17) is 0 Å². The molecule has 64 valence electrons. The second-order valence-corrected chi connectivity index (χ2v) is 2.97. The van der Waals surface area contributed by atoms with Crippen molar-refractivity contribution in [1.82, 2.24) is 0 Å². The summed E-state index contributed by atoms with van der Waals surface area (Å²) >= 11 is 0. The molecule has 0 fully saturated rings. The second-order valence-electron chi connectivity index (χ2n) is 2.97. The van der Waals surface area contributed by atoms with Gasteiger partial charge in [-0.05, 0) is 16.8 Å². The zero-order chi connectivity index (χ0) is 9.26. The Morgan fingerprint density at radius 2 is 1.69 bits per heavy atom. The van der Waals surface area contributed by atoms with Gasteiger partial charge in [-0.15, -0.1) is 0 Å². The molecule has 0 unspecified atom stereocenters. The van der Waals surface area contributed by atoms with Crippen molar-refractivity contribution in [2.24, 2.45) is 0 Å². The first-order valence-corrected chi connectivity index (χ1v) is 4.11. The summed E-state index contributed by atoms with van der Waals surface area (Å²) in [5.41, 5.74) is 0.554. The number of halogens is 1. The first kappa shape index (κ1) is 7.99. The number of fused-ring (bicyclic) bond motifs is 1. The Labute approximate surface area is 76.3 Å². The van der Waals surface area contributed by atoms with Crippen LogP contribution in [0.1, 0.15) is 5.56 Å². The third-order valence-corrected chi connectivity index (χ3v) is 2.06. The molecule has 0 amide bonds. The van der Waals surface area contributed by atoms with E-state index in [1.165, 1.54) is 0 Å². The molecule has 13 heavy (non-hydrogen) atoms. The van der Waals surface area contributed by atoms with E-state index < -0.39 is 0 Å². The van der Waals surface area contributed by atoms with Crippen LogP contribution in [0.25, 0.3) is 16.6 Å². The maximum Gasteiger partial charge on any atom is 0.123 e. The minimum absolute atomic E-state index is 0.384. The SMILES string of the molecule is C=C(F)c1ccc2ccccc2c1. The summed E-state index contributed by atoms with van der Waals surface area (Å²) in [6.45, 7) is 3.27. The molecule has 0 aromatic heterocycles. The maximum absolute atomic E-state index is 12.8. The average molecular weight is 172 g/mol. The van der Waals surface area contributed by atoms with Gasteiger partial charge in [-0.25, -0.2) is 4.39 Å².